The van der Waals surface area contributed by atoms with Crippen molar-refractivity contribution < 1.29 is 0 Å². The van der Waals surface area contributed by atoms with Crippen LogP contribution in [0.25, 0.3) is 16.4 Å². The van der Waals surface area contributed by atoms with Gasteiger partial charge in [0.25, 0.3) is 0 Å². The van der Waals surface area contributed by atoms with Gasteiger partial charge in [-0.25, -0.2) is 9.50 Å². The number of aromatic nitrogens is 5. The summed E-state index contributed by atoms with van der Waals surface area (Å²) in [5.41, 5.74) is 4.07. The summed E-state index contributed by atoms with van der Waals surface area (Å²) in [6, 6.07) is 8.06. The molecular weight excluding hydrogens is 252 g/mol. The maximum atomic E-state index is 4.33. The minimum Gasteiger partial charge on any atom is -0.338 e. The lowest BCUT2D eigenvalue weighted by Gasteiger charge is -2.07. The number of nitrogens with one attached hydrogen (secondary N) is 2. The van der Waals surface area contributed by atoms with E-state index in [1.54, 1.807) is 12.5 Å². The van der Waals surface area contributed by atoms with Crippen molar-refractivity contribution in [1.82, 2.24) is 24.8 Å². The van der Waals surface area contributed by atoms with E-state index in [0.717, 1.165) is 33.5 Å². The van der Waals surface area contributed by atoms with Crippen LogP contribution in [0.1, 0.15) is 5.56 Å². The highest BCUT2D eigenvalue weighted by Crippen LogP contribution is 2.24. The van der Waals surface area contributed by atoms with Crippen molar-refractivity contribution >= 4 is 27.9 Å². The Morgan fingerprint density at radius 2 is 2.20 bits per heavy atom. The van der Waals surface area contributed by atoms with Gasteiger partial charge in [0.15, 0.2) is 5.82 Å². The molecule has 4 rings (SSSR count). The van der Waals surface area contributed by atoms with E-state index in [1.807, 2.05) is 41.9 Å². The number of benzene rings is 1. The molecule has 0 atom stereocenters. The monoisotopic (exact) mass is 264 g/mol. The zero-order valence-corrected chi connectivity index (χ0v) is 10.8. The second-order valence-electron chi connectivity index (χ2n) is 4.70. The number of anilines is 2. The second-order valence-corrected chi connectivity index (χ2v) is 4.70. The van der Waals surface area contributed by atoms with Gasteiger partial charge in [-0.3, -0.25) is 5.10 Å². The molecule has 0 saturated heterocycles. The van der Waals surface area contributed by atoms with Crippen LogP contribution in [0.4, 0.5) is 11.5 Å². The SMILES string of the molecule is Cc1ccn2ncnc(Nc3ccc4cn[nH]c4c3)c12. The first-order valence-corrected chi connectivity index (χ1v) is 6.30. The minimum atomic E-state index is 0.793. The van der Waals surface area contributed by atoms with Crippen molar-refractivity contribution in [1.29, 1.82) is 0 Å². The summed E-state index contributed by atoms with van der Waals surface area (Å²) < 4.78 is 1.82. The topological polar surface area (TPSA) is 70.9 Å². The van der Waals surface area contributed by atoms with Crippen molar-refractivity contribution in [3.8, 4) is 0 Å². The highest BCUT2D eigenvalue weighted by Gasteiger charge is 2.07. The summed E-state index contributed by atoms with van der Waals surface area (Å²) in [7, 11) is 0. The fraction of sp³-hybridized carbons (Fsp3) is 0.0714. The predicted octanol–water partition coefficient (Wildman–Crippen LogP) is 2.66. The number of H-pyrrole nitrogens is 1. The Morgan fingerprint density at radius 3 is 3.15 bits per heavy atom. The van der Waals surface area contributed by atoms with Crippen LogP contribution in [-0.4, -0.2) is 24.8 Å². The molecule has 4 aromatic rings. The molecule has 0 unspecified atom stereocenters. The number of fused-ring (bicyclic) bond motifs is 2. The van der Waals surface area contributed by atoms with Crippen molar-refractivity contribution in [3.05, 3.63) is 48.5 Å². The fourth-order valence-electron chi connectivity index (χ4n) is 2.35. The molecule has 0 saturated carbocycles. The van der Waals surface area contributed by atoms with Crippen LogP contribution < -0.4 is 5.32 Å². The molecular formula is C14H12N6. The summed E-state index contributed by atoms with van der Waals surface area (Å²) in [6.45, 7) is 2.04. The van der Waals surface area contributed by atoms with Gasteiger partial charge in [-0.05, 0) is 36.8 Å². The molecule has 6 heteroatoms. The highest BCUT2D eigenvalue weighted by molar-refractivity contribution is 5.84. The zero-order valence-electron chi connectivity index (χ0n) is 10.8. The third kappa shape index (κ3) is 1.62. The number of aromatic amines is 1. The fourth-order valence-corrected chi connectivity index (χ4v) is 2.35. The van der Waals surface area contributed by atoms with Gasteiger partial charge in [-0.15, -0.1) is 0 Å². The summed E-state index contributed by atoms with van der Waals surface area (Å²) in [5.74, 6) is 0.793. The van der Waals surface area contributed by atoms with Gasteiger partial charge in [-0.2, -0.15) is 10.2 Å². The minimum absolute atomic E-state index is 0.793. The Hall–Kier alpha value is -2.89. The van der Waals surface area contributed by atoms with Crippen LogP contribution in [-0.2, 0) is 0 Å². The van der Waals surface area contributed by atoms with E-state index in [1.165, 1.54) is 0 Å². The van der Waals surface area contributed by atoms with E-state index in [9.17, 15) is 0 Å². The van der Waals surface area contributed by atoms with E-state index in [0.29, 0.717) is 0 Å². The first-order valence-electron chi connectivity index (χ1n) is 6.30. The summed E-state index contributed by atoms with van der Waals surface area (Å²) in [4.78, 5) is 4.33. The van der Waals surface area contributed by atoms with Gasteiger partial charge in [0, 0.05) is 17.3 Å². The van der Waals surface area contributed by atoms with E-state index in [-0.39, 0.29) is 0 Å². The van der Waals surface area contributed by atoms with Crippen LogP contribution in [0.5, 0.6) is 0 Å². The molecule has 98 valence electrons. The first-order chi connectivity index (χ1) is 9.81. The molecule has 0 aliphatic carbocycles. The van der Waals surface area contributed by atoms with Crippen molar-refractivity contribution in [2.75, 3.05) is 5.32 Å². The second kappa shape index (κ2) is 4.06. The molecule has 2 N–H and O–H groups in total. The Bertz CT molecular complexity index is 904. The van der Waals surface area contributed by atoms with Crippen molar-refractivity contribution in [2.45, 2.75) is 6.92 Å². The molecule has 3 heterocycles. The first kappa shape index (κ1) is 11.0. The van der Waals surface area contributed by atoms with Gasteiger partial charge in [-0.1, -0.05) is 0 Å². The van der Waals surface area contributed by atoms with Crippen LogP contribution in [0.3, 0.4) is 0 Å². The normalized spacial score (nSPS) is 11.2. The summed E-state index contributed by atoms with van der Waals surface area (Å²) in [5, 5.41) is 15.6. The van der Waals surface area contributed by atoms with Gasteiger partial charge >= 0.3 is 0 Å². The molecule has 0 amide bonds. The Balaban J connectivity index is 1.81. The van der Waals surface area contributed by atoms with Crippen LogP contribution in [0.2, 0.25) is 0 Å². The number of rotatable bonds is 2. The largest absolute Gasteiger partial charge is 0.338 e. The molecule has 0 spiro atoms. The third-order valence-electron chi connectivity index (χ3n) is 3.36. The Labute approximate surface area is 114 Å². The Morgan fingerprint density at radius 1 is 1.25 bits per heavy atom. The molecule has 0 bridgehead atoms. The molecule has 1 aromatic carbocycles. The van der Waals surface area contributed by atoms with E-state index >= 15 is 0 Å². The molecule has 20 heavy (non-hydrogen) atoms. The molecule has 0 radical (unpaired) electrons. The molecule has 6 nitrogen and oxygen atoms in total. The average molecular weight is 264 g/mol. The van der Waals surface area contributed by atoms with Crippen molar-refractivity contribution in [2.24, 2.45) is 0 Å². The lowest BCUT2D eigenvalue weighted by molar-refractivity contribution is 0.905. The average Bonchev–Trinajstić information content (AvgIpc) is 3.06. The number of hydrogen-bond donors (Lipinski definition) is 2. The quantitative estimate of drug-likeness (QED) is 0.584. The lowest BCUT2D eigenvalue weighted by atomic mass is 10.2. The molecule has 0 aliphatic heterocycles. The number of aryl methyl sites for hydroxylation is 1. The predicted molar refractivity (Wildman–Crippen MR) is 77.1 cm³/mol. The molecule has 3 aromatic heterocycles. The number of hydrogen-bond acceptors (Lipinski definition) is 4. The van der Waals surface area contributed by atoms with E-state index < -0.39 is 0 Å². The Kier molecular flexibility index (Phi) is 2.23. The zero-order chi connectivity index (χ0) is 13.5. The summed E-state index contributed by atoms with van der Waals surface area (Å²) in [6.07, 6.45) is 5.28. The standard InChI is InChI=1S/C14H12N6/c1-9-4-5-20-13(9)14(15-8-17-20)18-11-3-2-10-7-16-19-12(10)6-11/h2-8H,1H3,(H,16,19)(H,15,17,18). The van der Waals surface area contributed by atoms with E-state index in [2.05, 4.69) is 25.6 Å². The number of nitrogens with zero attached hydrogens (tertiary/aromatic N) is 4. The van der Waals surface area contributed by atoms with Gasteiger partial charge in [0.2, 0.25) is 0 Å². The molecule has 0 aliphatic rings. The maximum Gasteiger partial charge on any atom is 0.158 e. The van der Waals surface area contributed by atoms with Crippen LogP contribution in [0.15, 0.2) is 43.0 Å². The molecule has 0 fully saturated rings. The third-order valence-corrected chi connectivity index (χ3v) is 3.36. The van der Waals surface area contributed by atoms with Crippen molar-refractivity contribution in [3.63, 3.8) is 0 Å². The summed E-state index contributed by atoms with van der Waals surface area (Å²) >= 11 is 0. The highest BCUT2D eigenvalue weighted by atomic mass is 15.2. The maximum absolute atomic E-state index is 4.33. The van der Waals surface area contributed by atoms with Gasteiger partial charge in [0.1, 0.15) is 11.8 Å². The van der Waals surface area contributed by atoms with Crippen LogP contribution in [0, 0.1) is 6.92 Å². The lowest BCUT2D eigenvalue weighted by Crippen LogP contribution is -2.00. The van der Waals surface area contributed by atoms with E-state index in [4.69, 9.17) is 0 Å². The smallest absolute Gasteiger partial charge is 0.158 e. The van der Waals surface area contributed by atoms with Gasteiger partial charge in [0.05, 0.1) is 11.7 Å². The van der Waals surface area contributed by atoms with Crippen LogP contribution >= 0.6 is 0 Å². The van der Waals surface area contributed by atoms with Gasteiger partial charge < -0.3 is 5.32 Å².